The highest BCUT2D eigenvalue weighted by atomic mass is 35.5. The third kappa shape index (κ3) is 3.47. The van der Waals surface area contributed by atoms with Gasteiger partial charge < -0.3 is 15.4 Å². The zero-order chi connectivity index (χ0) is 17.1. The van der Waals surface area contributed by atoms with Crippen LogP contribution in [0, 0.1) is 0 Å². The van der Waals surface area contributed by atoms with Crippen LogP contribution in [-0.2, 0) is 9.59 Å². The Morgan fingerprint density at radius 3 is 2.67 bits per heavy atom. The van der Waals surface area contributed by atoms with Crippen LogP contribution in [-0.4, -0.2) is 18.4 Å². The van der Waals surface area contributed by atoms with Crippen LogP contribution in [0.2, 0.25) is 10.0 Å². The number of carbonyl (C=O) groups is 2. The molecule has 2 N–H and O–H groups in total. The Morgan fingerprint density at radius 1 is 1.04 bits per heavy atom. The van der Waals surface area contributed by atoms with Gasteiger partial charge in [0.25, 0.3) is 0 Å². The van der Waals surface area contributed by atoms with Crippen molar-refractivity contribution in [1.29, 1.82) is 0 Å². The van der Waals surface area contributed by atoms with Crippen LogP contribution >= 0.6 is 23.2 Å². The molecule has 2 aromatic carbocycles. The molecular formula is C17H14Cl2N2O3. The van der Waals surface area contributed by atoms with Crippen LogP contribution in [0.4, 0.5) is 5.69 Å². The van der Waals surface area contributed by atoms with E-state index in [4.69, 9.17) is 27.9 Å². The van der Waals surface area contributed by atoms with E-state index in [-0.39, 0.29) is 16.8 Å². The van der Waals surface area contributed by atoms with E-state index in [0.717, 1.165) is 5.56 Å². The topological polar surface area (TPSA) is 67.4 Å². The maximum Gasteiger partial charge on any atom is 0.313 e. The number of nitrogens with one attached hydrogen (secondary N) is 2. The molecule has 0 saturated carbocycles. The number of amides is 2. The highest BCUT2D eigenvalue weighted by Crippen LogP contribution is 2.32. The summed E-state index contributed by atoms with van der Waals surface area (Å²) in [5.41, 5.74) is 1.14. The van der Waals surface area contributed by atoms with Crippen LogP contribution < -0.4 is 15.4 Å². The Bertz CT molecular complexity index is 795. The molecule has 5 nitrogen and oxygen atoms in total. The van der Waals surface area contributed by atoms with Gasteiger partial charge in [-0.05, 0) is 18.2 Å². The summed E-state index contributed by atoms with van der Waals surface area (Å²) in [6.07, 6.45) is 0.591. The van der Waals surface area contributed by atoms with Crippen molar-refractivity contribution in [3.8, 4) is 5.75 Å². The first-order chi connectivity index (χ1) is 11.6. The van der Waals surface area contributed by atoms with E-state index in [1.165, 1.54) is 0 Å². The molecule has 1 aliphatic rings. The van der Waals surface area contributed by atoms with Gasteiger partial charge in [-0.2, -0.15) is 0 Å². The minimum atomic E-state index is -0.803. The average Bonchev–Trinajstić information content (AvgIpc) is 2.59. The fourth-order valence-electron chi connectivity index (χ4n) is 2.50. The van der Waals surface area contributed by atoms with E-state index in [1.807, 2.05) is 24.3 Å². The molecule has 2 aromatic rings. The second kappa shape index (κ2) is 7.11. The number of para-hydroxylation sites is 1. The van der Waals surface area contributed by atoms with Gasteiger partial charge in [-0.3, -0.25) is 9.59 Å². The molecule has 3 rings (SSSR count). The summed E-state index contributed by atoms with van der Waals surface area (Å²) in [4.78, 5) is 24.3. The first kappa shape index (κ1) is 16.6. The van der Waals surface area contributed by atoms with Crippen LogP contribution in [0.3, 0.4) is 0 Å². The molecule has 0 spiro atoms. The molecule has 0 aromatic heterocycles. The summed E-state index contributed by atoms with van der Waals surface area (Å²) in [5.74, 6) is -0.830. The van der Waals surface area contributed by atoms with Gasteiger partial charge in [0, 0.05) is 12.0 Å². The molecule has 24 heavy (non-hydrogen) atoms. The molecule has 0 aliphatic carbocycles. The number of carbonyl (C=O) groups excluding carboxylic acids is 2. The summed E-state index contributed by atoms with van der Waals surface area (Å²) in [6.45, 7) is 0.476. The molecule has 1 atom stereocenters. The van der Waals surface area contributed by atoms with E-state index < -0.39 is 11.8 Å². The van der Waals surface area contributed by atoms with E-state index in [2.05, 4.69) is 10.6 Å². The zero-order valence-electron chi connectivity index (χ0n) is 12.5. The third-order valence-electron chi connectivity index (χ3n) is 3.67. The highest BCUT2D eigenvalue weighted by Gasteiger charge is 2.25. The molecule has 2 amide bonds. The predicted molar refractivity (Wildman–Crippen MR) is 92.5 cm³/mol. The fourth-order valence-corrected chi connectivity index (χ4v) is 2.84. The monoisotopic (exact) mass is 364 g/mol. The number of ether oxygens (including phenoxy) is 1. The van der Waals surface area contributed by atoms with Crippen molar-refractivity contribution in [3.05, 3.63) is 58.1 Å². The smallest absolute Gasteiger partial charge is 0.313 e. The van der Waals surface area contributed by atoms with E-state index in [9.17, 15) is 9.59 Å². The van der Waals surface area contributed by atoms with Gasteiger partial charge in [0.05, 0.1) is 28.4 Å². The minimum Gasteiger partial charge on any atom is -0.493 e. The fraction of sp³-hybridized carbons (Fsp3) is 0.176. The summed E-state index contributed by atoms with van der Waals surface area (Å²) in [7, 11) is 0. The number of anilines is 1. The lowest BCUT2D eigenvalue weighted by molar-refractivity contribution is -0.136. The summed E-state index contributed by atoms with van der Waals surface area (Å²) in [6, 6.07) is 11.9. The Labute approximate surface area is 148 Å². The number of rotatable bonds is 2. The van der Waals surface area contributed by atoms with E-state index in [1.54, 1.807) is 18.2 Å². The highest BCUT2D eigenvalue weighted by molar-refractivity contribution is 6.45. The lowest BCUT2D eigenvalue weighted by Gasteiger charge is -2.26. The number of hydrogen-bond acceptors (Lipinski definition) is 3. The van der Waals surface area contributed by atoms with Crippen LogP contribution in [0.25, 0.3) is 0 Å². The van der Waals surface area contributed by atoms with Crippen LogP contribution in [0.5, 0.6) is 5.75 Å². The van der Waals surface area contributed by atoms with Gasteiger partial charge in [-0.25, -0.2) is 0 Å². The molecule has 124 valence electrons. The molecule has 0 fully saturated rings. The van der Waals surface area contributed by atoms with E-state index >= 15 is 0 Å². The van der Waals surface area contributed by atoms with Gasteiger partial charge in [0.15, 0.2) is 0 Å². The molecule has 0 saturated heterocycles. The van der Waals surface area contributed by atoms with Gasteiger partial charge in [-0.15, -0.1) is 0 Å². The quantitative estimate of drug-likeness (QED) is 0.800. The Hall–Kier alpha value is -2.24. The molecule has 1 aliphatic heterocycles. The molecule has 1 heterocycles. The Morgan fingerprint density at radius 2 is 1.83 bits per heavy atom. The van der Waals surface area contributed by atoms with E-state index in [0.29, 0.717) is 23.8 Å². The maximum atomic E-state index is 12.2. The normalized spacial score (nSPS) is 15.8. The first-order valence-corrected chi connectivity index (χ1v) is 8.09. The van der Waals surface area contributed by atoms with Gasteiger partial charge >= 0.3 is 11.8 Å². The largest absolute Gasteiger partial charge is 0.493 e. The number of benzene rings is 2. The van der Waals surface area contributed by atoms with Gasteiger partial charge in [0.2, 0.25) is 0 Å². The number of halogens is 2. The van der Waals surface area contributed by atoms with Crippen molar-refractivity contribution in [1.82, 2.24) is 5.32 Å². The molecule has 0 unspecified atom stereocenters. The molecule has 7 heteroatoms. The maximum absolute atomic E-state index is 12.2. The van der Waals surface area contributed by atoms with Crippen LogP contribution in [0.1, 0.15) is 18.0 Å². The zero-order valence-corrected chi connectivity index (χ0v) is 14.0. The van der Waals surface area contributed by atoms with Gasteiger partial charge in [-0.1, -0.05) is 47.5 Å². The summed E-state index contributed by atoms with van der Waals surface area (Å²) >= 11 is 11.9. The predicted octanol–water partition coefficient (Wildman–Crippen LogP) is 3.57. The van der Waals surface area contributed by atoms with Crippen molar-refractivity contribution in [2.75, 3.05) is 11.9 Å². The second-order valence-corrected chi connectivity index (χ2v) is 6.04. The molecule has 0 bridgehead atoms. The first-order valence-electron chi connectivity index (χ1n) is 7.34. The minimum absolute atomic E-state index is 0.191. The Balaban J connectivity index is 1.69. The lowest BCUT2D eigenvalue weighted by Crippen LogP contribution is -2.39. The van der Waals surface area contributed by atoms with Crippen LogP contribution in [0.15, 0.2) is 42.5 Å². The van der Waals surface area contributed by atoms with Crippen molar-refractivity contribution >= 4 is 40.7 Å². The summed E-state index contributed by atoms with van der Waals surface area (Å²) < 4.78 is 5.54. The van der Waals surface area contributed by atoms with Crippen molar-refractivity contribution in [2.24, 2.45) is 0 Å². The van der Waals surface area contributed by atoms with Crippen molar-refractivity contribution in [3.63, 3.8) is 0 Å². The molecule has 0 radical (unpaired) electrons. The average molecular weight is 365 g/mol. The standard InChI is InChI=1S/C17H14Cl2N2O3/c18-11-5-3-6-13(15(11)19)21-17(23)16(22)20-12-8-9-24-14-7-2-1-4-10(12)14/h1-7,12H,8-9H2,(H,20,22)(H,21,23)/t12-/m0/s1. The summed E-state index contributed by atoms with van der Waals surface area (Å²) in [5, 5.41) is 5.68. The van der Waals surface area contributed by atoms with Crippen molar-refractivity contribution in [2.45, 2.75) is 12.5 Å². The second-order valence-electron chi connectivity index (χ2n) is 5.26. The Kier molecular flexibility index (Phi) is 4.92. The third-order valence-corrected chi connectivity index (χ3v) is 4.49. The van der Waals surface area contributed by atoms with Crippen molar-refractivity contribution < 1.29 is 14.3 Å². The number of hydrogen-bond donors (Lipinski definition) is 2. The lowest BCUT2D eigenvalue weighted by atomic mass is 10.0. The SMILES string of the molecule is O=C(Nc1cccc(Cl)c1Cl)C(=O)N[C@H]1CCOc2ccccc21. The van der Waals surface area contributed by atoms with Gasteiger partial charge in [0.1, 0.15) is 5.75 Å². The molecular weight excluding hydrogens is 351 g/mol. The number of fused-ring (bicyclic) bond motifs is 1.